The van der Waals surface area contributed by atoms with Gasteiger partial charge in [0.05, 0.1) is 11.5 Å². The molecule has 31 heavy (non-hydrogen) atoms. The van der Waals surface area contributed by atoms with Gasteiger partial charge < -0.3 is 15.4 Å². The molecule has 2 aromatic carbocycles. The predicted octanol–water partition coefficient (Wildman–Crippen LogP) is 4.77. The number of carbonyl (C=O) groups is 2. The van der Waals surface area contributed by atoms with Gasteiger partial charge in [0.15, 0.2) is 0 Å². The van der Waals surface area contributed by atoms with Gasteiger partial charge in [-0.25, -0.2) is 0 Å². The second-order valence-electron chi connectivity index (χ2n) is 7.96. The highest BCUT2D eigenvalue weighted by Gasteiger charge is 2.30. The topological polar surface area (TPSA) is 72.6 Å². The molecule has 1 aromatic heterocycles. The summed E-state index contributed by atoms with van der Waals surface area (Å²) in [6.45, 7) is 3.92. The van der Waals surface area contributed by atoms with E-state index in [9.17, 15) is 9.59 Å². The number of hydrogen-bond acceptors (Lipinski definition) is 4. The first-order valence-corrected chi connectivity index (χ1v) is 11.7. The van der Waals surface area contributed by atoms with E-state index in [1.54, 1.807) is 0 Å². The van der Waals surface area contributed by atoms with Crippen LogP contribution in [0.4, 0.5) is 0 Å². The summed E-state index contributed by atoms with van der Waals surface area (Å²) < 4.78 is 6.51. The maximum atomic E-state index is 13.4. The highest BCUT2D eigenvalue weighted by molar-refractivity contribution is 7.21. The first-order chi connectivity index (χ1) is 15.1. The summed E-state index contributed by atoms with van der Waals surface area (Å²) in [4.78, 5) is 28.1. The van der Waals surface area contributed by atoms with Crippen LogP contribution in [0.25, 0.3) is 10.1 Å². The molecule has 0 spiro atoms. The maximum absolute atomic E-state index is 13.4. The molecule has 1 aliphatic heterocycles. The molecule has 1 saturated heterocycles. The standard InChI is InChI=1S/C25H28N2O3S/c1-2-30-16-17-10-12-18(13-11-17)25(29)27-14-6-5-7-19(27)15-21-20-8-3-4-9-22(20)31-23(21)24(26)28/h3-4,8-13,19H,2,5-7,14-16H2,1H3,(H2,26,28). The molecular formula is C25H28N2O3S. The largest absolute Gasteiger partial charge is 0.377 e. The quantitative estimate of drug-likeness (QED) is 0.580. The van der Waals surface area contributed by atoms with Crippen LogP contribution in [-0.4, -0.2) is 35.9 Å². The van der Waals surface area contributed by atoms with Crippen LogP contribution in [0.1, 0.15) is 57.3 Å². The van der Waals surface area contributed by atoms with Gasteiger partial charge in [-0.1, -0.05) is 30.3 Å². The zero-order valence-electron chi connectivity index (χ0n) is 17.8. The molecule has 1 unspecified atom stereocenters. The van der Waals surface area contributed by atoms with E-state index in [-0.39, 0.29) is 11.9 Å². The first kappa shape index (κ1) is 21.5. The summed E-state index contributed by atoms with van der Waals surface area (Å²) >= 11 is 1.44. The Morgan fingerprint density at radius 3 is 2.65 bits per heavy atom. The summed E-state index contributed by atoms with van der Waals surface area (Å²) in [6.07, 6.45) is 3.65. The Bertz CT molecular complexity index is 1070. The lowest BCUT2D eigenvalue weighted by Gasteiger charge is -2.36. The summed E-state index contributed by atoms with van der Waals surface area (Å²) in [5.74, 6) is -0.345. The third-order valence-corrected chi connectivity index (χ3v) is 7.15. The Labute approximate surface area is 186 Å². The highest BCUT2D eigenvalue weighted by Crippen LogP contribution is 2.34. The molecule has 0 aliphatic carbocycles. The molecular weight excluding hydrogens is 408 g/mol. The molecule has 0 saturated carbocycles. The van der Waals surface area contributed by atoms with Gasteiger partial charge in [-0.05, 0) is 67.3 Å². The molecule has 6 heteroatoms. The van der Waals surface area contributed by atoms with E-state index >= 15 is 0 Å². The fourth-order valence-corrected chi connectivity index (χ4v) is 5.43. The lowest BCUT2D eigenvalue weighted by atomic mass is 9.93. The van der Waals surface area contributed by atoms with Crippen LogP contribution >= 0.6 is 11.3 Å². The first-order valence-electron chi connectivity index (χ1n) is 10.9. The van der Waals surface area contributed by atoms with Crippen molar-refractivity contribution in [1.82, 2.24) is 4.90 Å². The maximum Gasteiger partial charge on any atom is 0.259 e. The summed E-state index contributed by atoms with van der Waals surface area (Å²) in [5.41, 5.74) is 8.43. The minimum Gasteiger partial charge on any atom is -0.377 e. The van der Waals surface area contributed by atoms with Gasteiger partial charge in [0.2, 0.25) is 0 Å². The molecule has 2 amide bonds. The number of piperidine rings is 1. The summed E-state index contributed by atoms with van der Waals surface area (Å²) in [5, 5.41) is 1.07. The predicted molar refractivity (Wildman–Crippen MR) is 124 cm³/mol. The molecule has 162 valence electrons. The van der Waals surface area contributed by atoms with E-state index in [4.69, 9.17) is 10.5 Å². The number of rotatable bonds is 7. The van der Waals surface area contributed by atoms with Crippen molar-refractivity contribution < 1.29 is 14.3 Å². The van der Waals surface area contributed by atoms with Gasteiger partial charge in [-0.15, -0.1) is 11.3 Å². The molecule has 1 atom stereocenters. The van der Waals surface area contributed by atoms with Crippen molar-refractivity contribution in [3.8, 4) is 0 Å². The van der Waals surface area contributed by atoms with E-state index in [2.05, 4.69) is 0 Å². The number of ether oxygens (including phenoxy) is 1. The van der Waals surface area contributed by atoms with Crippen LogP contribution in [0.2, 0.25) is 0 Å². The third kappa shape index (κ3) is 4.65. The monoisotopic (exact) mass is 436 g/mol. The van der Waals surface area contributed by atoms with Crippen molar-refractivity contribution >= 4 is 33.2 Å². The Morgan fingerprint density at radius 2 is 1.90 bits per heavy atom. The van der Waals surface area contributed by atoms with Crippen LogP contribution in [0.3, 0.4) is 0 Å². The Morgan fingerprint density at radius 1 is 1.13 bits per heavy atom. The number of hydrogen-bond donors (Lipinski definition) is 1. The molecule has 4 rings (SSSR count). The van der Waals surface area contributed by atoms with Gasteiger partial charge in [0.1, 0.15) is 0 Å². The van der Waals surface area contributed by atoms with Gasteiger partial charge in [0, 0.05) is 29.5 Å². The van der Waals surface area contributed by atoms with Crippen LogP contribution in [-0.2, 0) is 17.8 Å². The van der Waals surface area contributed by atoms with Gasteiger partial charge in [0.25, 0.3) is 11.8 Å². The SMILES string of the molecule is CCOCc1ccc(C(=O)N2CCCCC2Cc2c(C(N)=O)sc3ccccc23)cc1. The number of benzene rings is 2. The molecule has 5 nitrogen and oxygen atoms in total. The van der Waals surface area contributed by atoms with E-state index in [1.165, 1.54) is 11.3 Å². The zero-order chi connectivity index (χ0) is 21.8. The lowest BCUT2D eigenvalue weighted by Crippen LogP contribution is -2.45. The number of nitrogens with two attached hydrogens (primary N) is 1. The van der Waals surface area contributed by atoms with Crippen molar-refractivity contribution in [1.29, 1.82) is 0 Å². The number of carbonyl (C=O) groups excluding carboxylic acids is 2. The average molecular weight is 437 g/mol. The van der Waals surface area contributed by atoms with E-state index in [0.717, 1.165) is 47.0 Å². The Balaban J connectivity index is 1.58. The van der Waals surface area contributed by atoms with Crippen LogP contribution < -0.4 is 5.73 Å². The number of nitrogens with zero attached hydrogens (tertiary/aromatic N) is 1. The summed E-state index contributed by atoms with van der Waals surface area (Å²) in [7, 11) is 0. The van der Waals surface area contributed by atoms with Gasteiger partial charge in [-0.3, -0.25) is 9.59 Å². The van der Waals surface area contributed by atoms with Crippen LogP contribution in [0.15, 0.2) is 48.5 Å². The van der Waals surface area contributed by atoms with Gasteiger partial charge >= 0.3 is 0 Å². The van der Waals surface area contributed by atoms with Crippen molar-refractivity contribution in [2.24, 2.45) is 5.73 Å². The minimum atomic E-state index is -0.394. The van der Waals surface area contributed by atoms with Crippen LogP contribution in [0.5, 0.6) is 0 Å². The number of thiophene rings is 1. The minimum absolute atomic E-state index is 0.0489. The second-order valence-corrected chi connectivity index (χ2v) is 9.01. The van der Waals surface area contributed by atoms with E-state index < -0.39 is 5.91 Å². The molecule has 3 aromatic rings. The Kier molecular flexibility index (Phi) is 6.68. The molecule has 2 heterocycles. The Hall–Kier alpha value is -2.70. The second kappa shape index (κ2) is 9.62. The lowest BCUT2D eigenvalue weighted by molar-refractivity contribution is 0.0613. The number of fused-ring (bicyclic) bond motifs is 1. The van der Waals surface area contributed by atoms with Crippen molar-refractivity contribution in [3.05, 3.63) is 70.1 Å². The molecule has 0 radical (unpaired) electrons. The van der Waals surface area contributed by atoms with Crippen molar-refractivity contribution in [2.75, 3.05) is 13.2 Å². The molecule has 0 bridgehead atoms. The number of amides is 2. The fourth-order valence-electron chi connectivity index (χ4n) is 4.35. The van der Waals surface area contributed by atoms with Crippen molar-refractivity contribution in [2.45, 2.75) is 45.3 Å². The van der Waals surface area contributed by atoms with Crippen molar-refractivity contribution in [3.63, 3.8) is 0 Å². The highest BCUT2D eigenvalue weighted by atomic mass is 32.1. The molecule has 1 aliphatic rings. The molecule has 1 fully saturated rings. The number of primary amides is 1. The smallest absolute Gasteiger partial charge is 0.259 e. The molecule has 2 N–H and O–H groups in total. The fraction of sp³-hybridized carbons (Fsp3) is 0.360. The van der Waals surface area contributed by atoms with E-state index in [1.807, 2.05) is 60.4 Å². The van der Waals surface area contributed by atoms with E-state index in [0.29, 0.717) is 30.1 Å². The third-order valence-electron chi connectivity index (χ3n) is 5.92. The number of likely N-dealkylation sites (tertiary alicyclic amines) is 1. The normalized spacial score (nSPS) is 16.5. The summed E-state index contributed by atoms with van der Waals surface area (Å²) in [6, 6.07) is 15.8. The zero-order valence-corrected chi connectivity index (χ0v) is 18.6. The van der Waals surface area contributed by atoms with Gasteiger partial charge in [-0.2, -0.15) is 0 Å². The van der Waals surface area contributed by atoms with Crippen LogP contribution in [0, 0.1) is 0 Å². The average Bonchev–Trinajstić information content (AvgIpc) is 3.17.